The molecule has 1 heterocycles. The Bertz CT molecular complexity index is 554. The Morgan fingerprint density at radius 2 is 2.06 bits per heavy atom. The average Bonchev–Trinajstić information content (AvgIpc) is 2.30. The highest BCUT2D eigenvalue weighted by Crippen LogP contribution is 2.28. The van der Waals surface area contributed by atoms with Gasteiger partial charge in [0.2, 0.25) is 5.95 Å². The van der Waals surface area contributed by atoms with Gasteiger partial charge in [0, 0.05) is 23.5 Å². The van der Waals surface area contributed by atoms with Crippen LogP contribution in [0.2, 0.25) is 5.02 Å². The summed E-state index contributed by atoms with van der Waals surface area (Å²) in [5.41, 5.74) is 7.20. The number of methoxy groups -OCH3 is 1. The van der Waals surface area contributed by atoms with Crippen LogP contribution in [-0.4, -0.2) is 17.1 Å². The molecule has 0 aliphatic rings. The largest absolute Gasteiger partial charge is 0.495 e. The first kappa shape index (κ1) is 12.4. The van der Waals surface area contributed by atoms with E-state index >= 15 is 0 Å². The number of nitrogens with zero attached hydrogens (tertiary/aromatic N) is 2. The van der Waals surface area contributed by atoms with E-state index in [-0.39, 0.29) is 5.95 Å². The molecule has 2 aromatic rings. The molecular formula is C12H13ClN4O. The SMILES string of the molecule is COc1cc(Nc2cc(C)nc(N)n2)ccc1Cl. The van der Waals surface area contributed by atoms with E-state index in [9.17, 15) is 0 Å². The molecule has 0 atom stereocenters. The van der Waals surface area contributed by atoms with Crippen molar-refractivity contribution < 1.29 is 4.74 Å². The number of aromatic nitrogens is 2. The van der Waals surface area contributed by atoms with E-state index in [2.05, 4.69) is 15.3 Å². The van der Waals surface area contributed by atoms with Crippen LogP contribution in [0, 0.1) is 6.92 Å². The Morgan fingerprint density at radius 1 is 1.28 bits per heavy atom. The third-order valence-electron chi connectivity index (χ3n) is 2.30. The lowest BCUT2D eigenvalue weighted by molar-refractivity contribution is 0.415. The van der Waals surface area contributed by atoms with Gasteiger partial charge in [-0.2, -0.15) is 4.98 Å². The van der Waals surface area contributed by atoms with Gasteiger partial charge in [-0.15, -0.1) is 0 Å². The van der Waals surface area contributed by atoms with Gasteiger partial charge in [-0.1, -0.05) is 11.6 Å². The molecule has 0 unspecified atom stereocenters. The van der Waals surface area contributed by atoms with Gasteiger partial charge in [0.25, 0.3) is 0 Å². The number of anilines is 3. The summed E-state index contributed by atoms with van der Waals surface area (Å²) in [6, 6.07) is 7.17. The molecule has 0 saturated carbocycles. The van der Waals surface area contributed by atoms with Crippen LogP contribution in [0.3, 0.4) is 0 Å². The first-order valence-electron chi connectivity index (χ1n) is 5.30. The predicted molar refractivity (Wildman–Crippen MR) is 72.5 cm³/mol. The molecule has 18 heavy (non-hydrogen) atoms. The van der Waals surface area contributed by atoms with Crippen LogP contribution < -0.4 is 15.8 Å². The maximum atomic E-state index is 5.95. The van der Waals surface area contributed by atoms with E-state index in [1.165, 1.54) is 0 Å². The van der Waals surface area contributed by atoms with Gasteiger partial charge in [0.15, 0.2) is 0 Å². The lowest BCUT2D eigenvalue weighted by Gasteiger charge is -2.09. The number of hydrogen-bond donors (Lipinski definition) is 2. The van der Waals surface area contributed by atoms with E-state index < -0.39 is 0 Å². The van der Waals surface area contributed by atoms with E-state index in [0.717, 1.165) is 11.4 Å². The first-order chi connectivity index (χ1) is 8.58. The zero-order valence-electron chi connectivity index (χ0n) is 10.1. The van der Waals surface area contributed by atoms with Crippen molar-refractivity contribution in [2.45, 2.75) is 6.92 Å². The number of nitrogens with two attached hydrogens (primary N) is 1. The van der Waals surface area contributed by atoms with E-state index in [1.807, 2.05) is 13.0 Å². The molecule has 0 bridgehead atoms. The zero-order valence-corrected chi connectivity index (χ0v) is 10.8. The minimum atomic E-state index is 0.235. The highest BCUT2D eigenvalue weighted by atomic mass is 35.5. The number of ether oxygens (including phenoxy) is 1. The van der Waals surface area contributed by atoms with Gasteiger partial charge >= 0.3 is 0 Å². The summed E-state index contributed by atoms with van der Waals surface area (Å²) in [4.78, 5) is 8.09. The molecule has 3 N–H and O–H groups in total. The summed E-state index contributed by atoms with van der Waals surface area (Å²) in [7, 11) is 1.57. The van der Waals surface area contributed by atoms with Crippen molar-refractivity contribution in [1.82, 2.24) is 9.97 Å². The van der Waals surface area contributed by atoms with Gasteiger partial charge in [-0.25, -0.2) is 4.98 Å². The van der Waals surface area contributed by atoms with Crippen LogP contribution in [-0.2, 0) is 0 Å². The number of rotatable bonds is 3. The van der Waals surface area contributed by atoms with Crippen molar-refractivity contribution in [3.63, 3.8) is 0 Å². The summed E-state index contributed by atoms with van der Waals surface area (Å²) in [5.74, 6) is 1.46. The monoisotopic (exact) mass is 264 g/mol. The van der Waals surface area contributed by atoms with Crippen LogP contribution >= 0.6 is 11.6 Å². The molecule has 0 fully saturated rings. The van der Waals surface area contributed by atoms with Crippen LogP contribution in [0.1, 0.15) is 5.69 Å². The zero-order chi connectivity index (χ0) is 13.1. The lowest BCUT2D eigenvalue weighted by Crippen LogP contribution is -2.01. The molecule has 94 valence electrons. The number of aryl methyl sites for hydroxylation is 1. The molecule has 6 heteroatoms. The smallest absolute Gasteiger partial charge is 0.222 e. The number of nitrogen functional groups attached to an aromatic ring is 1. The van der Waals surface area contributed by atoms with Gasteiger partial charge in [-0.3, -0.25) is 0 Å². The summed E-state index contributed by atoms with van der Waals surface area (Å²) >= 11 is 5.95. The van der Waals surface area contributed by atoms with Crippen molar-refractivity contribution in [3.8, 4) is 5.75 Å². The molecule has 0 amide bonds. The Morgan fingerprint density at radius 3 is 2.72 bits per heavy atom. The number of halogens is 1. The average molecular weight is 265 g/mol. The van der Waals surface area contributed by atoms with Gasteiger partial charge in [0.1, 0.15) is 11.6 Å². The Balaban J connectivity index is 2.28. The second-order valence-corrected chi connectivity index (χ2v) is 4.13. The van der Waals surface area contributed by atoms with Crippen molar-refractivity contribution >= 4 is 29.1 Å². The van der Waals surface area contributed by atoms with Gasteiger partial charge < -0.3 is 15.8 Å². The quantitative estimate of drug-likeness (QED) is 0.892. The fourth-order valence-electron chi connectivity index (χ4n) is 1.54. The number of nitrogens with one attached hydrogen (secondary N) is 1. The molecule has 0 saturated heterocycles. The van der Waals surface area contributed by atoms with Crippen molar-refractivity contribution in [1.29, 1.82) is 0 Å². The van der Waals surface area contributed by atoms with E-state index in [1.54, 1.807) is 25.3 Å². The predicted octanol–water partition coefficient (Wildman–Crippen LogP) is 2.77. The summed E-state index contributed by atoms with van der Waals surface area (Å²) in [6.07, 6.45) is 0. The maximum Gasteiger partial charge on any atom is 0.222 e. The van der Waals surface area contributed by atoms with Gasteiger partial charge in [0.05, 0.1) is 12.1 Å². The first-order valence-corrected chi connectivity index (χ1v) is 5.68. The molecule has 1 aromatic carbocycles. The number of benzene rings is 1. The fourth-order valence-corrected chi connectivity index (χ4v) is 1.74. The highest BCUT2D eigenvalue weighted by Gasteiger charge is 2.04. The van der Waals surface area contributed by atoms with Crippen molar-refractivity contribution in [2.75, 3.05) is 18.2 Å². The normalized spacial score (nSPS) is 10.2. The maximum absolute atomic E-state index is 5.95. The third-order valence-corrected chi connectivity index (χ3v) is 2.61. The standard InChI is InChI=1S/C12H13ClN4O/c1-7-5-11(17-12(14)15-7)16-8-3-4-9(13)10(6-8)18-2/h3-6H,1-2H3,(H3,14,15,16,17). The van der Waals surface area contributed by atoms with Crippen molar-refractivity contribution in [2.24, 2.45) is 0 Å². The summed E-state index contributed by atoms with van der Waals surface area (Å²) in [5, 5.41) is 3.67. The van der Waals surface area contributed by atoms with Crippen LogP contribution in [0.25, 0.3) is 0 Å². The fraction of sp³-hybridized carbons (Fsp3) is 0.167. The number of hydrogen-bond acceptors (Lipinski definition) is 5. The Labute approximate surface area is 110 Å². The molecule has 5 nitrogen and oxygen atoms in total. The molecule has 0 radical (unpaired) electrons. The highest BCUT2D eigenvalue weighted by molar-refractivity contribution is 6.32. The van der Waals surface area contributed by atoms with Crippen molar-refractivity contribution in [3.05, 3.63) is 35.0 Å². The van der Waals surface area contributed by atoms with Crippen LogP contribution in [0.5, 0.6) is 5.75 Å². The summed E-state index contributed by atoms with van der Waals surface area (Å²) < 4.78 is 5.14. The van der Waals surface area contributed by atoms with E-state index in [0.29, 0.717) is 16.6 Å². The second kappa shape index (κ2) is 5.10. The second-order valence-electron chi connectivity index (χ2n) is 3.73. The molecule has 0 aliphatic heterocycles. The third kappa shape index (κ3) is 2.81. The molecule has 0 spiro atoms. The van der Waals surface area contributed by atoms with E-state index in [4.69, 9.17) is 22.1 Å². The summed E-state index contributed by atoms with van der Waals surface area (Å²) in [6.45, 7) is 1.85. The molecule has 1 aromatic heterocycles. The van der Waals surface area contributed by atoms with Crippen LogP contribution in [0.15, 0.2) is 24.3 Å². The molecule has 2 rings (SSSR count). The Kier molecular flexibility index (Phi) is 3.53. The molecular weight excluding hydrogens is 252 g/mol. The minimum absolute atomic E-state index is 0.235. The lowest BCUT2D eigenvalue weighted by atomic mass is 10.3. The van der Waals surface area contributed by atoms with Gasteiger partial charge in [-0.05, 0) is 19.1 Å². The minimum Gasteiger partial charge on any atom is -0.495 e. The topological polar surface area (TPSA) is 73.1 Å². The van der Waals surface area contributed by atoms with Crippen LogP contribution in [0.4, 0.5) is 17.5 Å². The molecule has 0 aliphatic carbocycles. The Hall–Kier alpha value is -2.01.